The summed E-state index contributed by atoms with van der Waals surface area (Å²) in [7, 11) is 0. The molecule has 0 rings (SSSR count). The second-order valence-corrected chi connectivity index (χ2v) is 5.90. The maximum atomic E-state index is 10.8. The summed E-state index contributed by atoms with van der Waals surface area (Å²) in [6.07, 6.45) is 10.7. The molecule has 4 heteroatoms. The summed E-state index contributed by atoms with van der Waals surface area (Å²) in [5, 5.41) is 0. The summed E-state index contributed by atoms with van der Waals surface area (Å²) >= 11 is 0. The molecule has 0 saturated heterocycles. The van der Waals surface area contributed by atoms with Gasteiger partial charge in [0.15, 0.2) is 0 Å². The molecule has 0 heterocycles. The zero-order valence-corrected chi connectivity index (χ0v) is 15.8. The molecular weight excluding hydrogens is 292 g/mol. The first-order valence-corrected chi connectivity index (χ1v) is 9.56. The smallest absolute Gasteiger partial charge is 0.285 e. The van der Waals surface area contributed by atoms with Gasteiger partial charge in [-0.15, -0.1) is 0 Å². The average molecular weight is 331 g/mol. The number of hydrogen-bond donors (Lipinski definition) is 0. The Balaban J connectivity index is 4.71. The first-order valence-electron chi connectivity index (χ1n) is 9.56. The predicted octanol–water partition coefficient (Wildman–Crippen LogP) is 5.10. The van der Waals surface area contributed by atoms with Gasteiger partial charge >= 0.3 is 0 Å². The summed E-state index contributed by atoms with van der Waals surface area (Å²) < 4.78 is 17.7. The van der Waals surface area contributed by atoms with Crippen LogP contribution in [0, 0.1) is 5.92 Å². The van der Waals surface area contributed by atoms with Crippen molar-refractivity contribution in [3.8, 4) is 0 Å². The standard InChI is InChI=1S/C19H38O4/c1-5-9-10-11-12-13-15-18(16-14-17-20)19(21-6-2,22-7-3)23-8-4/h17-18H,5-16H2,1-4H3. The van der Waals surface area contributed by atoms with Crippen LogP contribution in [-0.4, -0.2) is 32.1 Å². The van der Waals surface area contributed by atoms with Crippen molar-refractivity contribution in [2.75, 3.05) is 19.8 Å². The van der Waals surface area contributed by atoms with E-state index in [1.165, 1.54) is 32.1 Å². The third-order valence-corrected chi connectivity index (χ3v) is 4.08. The molecule has 4 nitrogen and oxygen atoms in total. The van der Waals surface area contributed by atoms with E-state index >= 15 is 0 Å². The minimum Gasteiger partial charge on any atom is -0.328 e. The van der Waals surface area contributed by atoms with Gasteiger partial charge in [-0.05, 0) is 33.6 Å². The minimum absolute atomic E-state index is 0.0960. The van der Waals surface area contributed by atoms with Crippen LogP contribution in [0.2, 0.25) is 0 Å². The third kappa shape index (κ3) is 9.43. The molecule has 1 unspecified atom stereocenters. The molecule has 0 saturated carbocycles. The van der Waals surface area contributed by atoms with Crippen LogP contribution in [0.5, 0.6) is 0 Å². The monoisotopic (exact) mass is 330 g/mol. The Hall–Kier alpha value is -0.450. The van der Waals surface area contributed by atoms with E-state index in [2.05, 4.69) is 6.92 Å². The summed E-state index contributed by atoms with van der Waals surface area (Å²) in [6, 6.07) is 0. The molecule has 138 valence electrons. The first-order chi connectivity index (χ1) is 11.2. The maximum absolute atomic E-state index is 10.8. The second-order valence-electron chi connectivity index (χ2n) is 5.90. The highest BCUT2D eigenvalue weighted by Gasteiger charge is 2.41. The number of unbranched alkanes of at least 4 members (excludes halogenated alkanes) is 5. The summed E-state index contributed by atoms with van der Waals surface area (Å²) in [6.45, 7) is 9.70. The largest absolute Gasteiger partial charge is 0.328 e. The van der Waals surface area contributed by atoms with Gasteiger partial charge in [0.25, 0.3) is 5.97 Å². The fourth-order valence-corrected chi connectivity index (χ4v) is 3.02. The van der Waals surface area contributed by atoms with Gasteiger partial charge in [-0.2, -0.15) is 0 Å². The zero-order valence-electron chi connectivity index (χ0n) is 15.8. The topological polar surface area (TPSA) is 44.8 Å². The Morgan fingerprint density at radius 3 is 1.78 bits per heavy atom. The fraction of sp³-hybridized carbons (Fsp3) is 0.947. The Labute approximate surface area is 143 Å². The van der Waals surface area contributed by atoms with Gasteiger partial charge < -0.3 is 19.0 Å². The molecule has 0 spiro atoms. The molecule has 0 amide bonds. The van der Waals surface area contributed by atoms with E-state index in [-0.39, 0.29) is 5.92 Å². The summed E-state index contributed by atoms with van der Waals surface area (Å²) in [5.41, 5.74) is 0. The molecule has 0 aliphatic heterocycles. The van der Waals surface area contributed by atoms with Crippen LogP contribution in [0.15, 0.2) is 0 Å². The van der Waals surface area contributed by atoms with Crippen molar-refractivity contribution in [2.24, 2.45) is 5.92 Å². The van der Waals surface area contributed by atoms with E-state index in [0.29, 0.717) is 26.2 Å². The summed E-state index contributed by atoms with van der Waals surface area (Å²) in [5.74, 6) is -0.899. The highest BCUT2D eigenvalue weighted by molar-refractivity contribution is 5.49. The van der Waals surface area contributed by atoms with Crippen molar-refractivity contribution in [1.82, 2.24) is 0 Å². The molecule has 0 radical (unpaired) electrons. The lowest BCUT2D eigenvalue weighted by Crippen LogP contribution is -2.46. The number of carbonyl (C=O) groups excluding carboxylic acids is 1. The number of hydrogen-bond acceptors (Lipinski definition) is 4. The van der Waals surface area contributed by atoms with Gasteiger partial charge in [0, 0.05) is 32.2 Å². The SMILES string of the molecule is CCCCCCCCC(CCC=O)C(OCC)(OCC)OCC. The number of aldehydes is 1. The molecule has 23 heavy (non-hydrogen) atoms. The van der Waals surface area contributed by atoms with Crippen molar-refractivity contribution < 1.29 is 19.0 Å². The van der Waals surface area contributed by atoms with Gasteiger partial charge in [0.1, 0.15) is 6.29 Å². The van der Waals surface area contributed by atoms with E-state index < -0.39 is 5.97 Å². The van der Waals surface area contributed by atoms with E-state index in [9.17, 15) is 4.79 Å². The van der Waals surface area contributed by atoms with Crippen LogP contribution in [-0.2, 0) is 19.0 Å². The fourth-order valence-electron chi connectivity index (χ4n) is 3.02. The molecular formula is C19H38O4. The molecule has 0 N–H and O–H groups in total. The van der Waals surface area contributed by atoms with Crippen molar-refractivity contribution in [3.05, 3.63) is 0 Å². The van der Waals surface area contributed by atoms with Gasteiger partial charge in [0.2, 0.25) is 0 Å². The van der Waals surface area contributed by atoms with Crippen molar-refractivity contribution in [2.45, 2.75) is 91.5 Å². The van der Waals surface area contributed by atoms with E-state index in [1.54, 1.807) is 0 Å². The predicted molar refractivity (Wildman–Crippen MR) is 94.4 cm³/mol. The molecule has 0 aromatic rings. The molecule has 0 aromatic heterocycles. The molecule has 0 aliphatic rings. The van der Waals surface area contributed by atoms with Crippen LogP contribution < -0.4 is 0 Å². The molecule has 0 aromatic carbocycles. The molecule has 0 aliphatic carbocycles. The Kier molecular flexibility index (Phi) is 14.8. The lowest BCUT2D eigenvalue weighted by Gasteiger charge is -2.39. The zero-order chi connectivity index (χ0) is 17.4. The normalized spacial score (nSPS) is 13.2. The maximum Gasteiger partial charge on any atom is 0.285 e. The number of rotatable bonds is 17. The Morgan fingerprint density at radius 2 is 1.30 bits per heavy atom. The van der Waals surface area contributed by atoms with E-state index in [0.717, 1.165) is 25.5 Å². The van der Waals surface area contributed by atoms with Gasteiger partial charge in [0.05, 0.1) is 0 Å². The van der Waals surface area contributed by atoms with Gasteiger partial charge in [-0.3, -0.25) is 0 Å². The number of ether oxygens (including phenoxy) is 3. The molecule has 0 bridgehead atoms. The third-order valence-electron chi connectivity index (χ3n) is 4.08. The van der Waals surface area contributed by atoms with Crippen LogP contribution in [0.3, 0.4) is 0 Å². The average Bonchev–Trinajstić information content (AvgIpc) is 2.54. The van der Waals surface area contributed by atoms with E-state index in [1.807, 2.05) is 20.8 Å². The van der Waals surface area contributed by atoms with E-state index in [4.69, 9.17) is 14.2 Å². The van der Waals surface area contributed by atoms with Crippen LogP contribution in [0.4, 0.5) is 0 Å². The quantitative estimate of drug-likeness (QED) is 0.211. The van der Waals surface area contributed by atoms with Crippen LogP contribution in [0.1, 0.15) is 85.5 Å². The minimum atomic E-state index is -0.995. The lowest BCUT2D eigenvalue weighted by molar-refractivity contribution is -0.403. The molecule has 1 atom stereocenters. The number of carbonyl (C=O) groups is 1. The van der Waals surface area contributed by atoms with Crippen molar-refractivity contribution in [3.63, 3.8) is 0 Å². The second kappa shape index (κ2) is 15.1. The Bertz CT molecular complexity index is 251. The summed E-state index contributed by atoms with van der Waals surface area (Å²) in [4.78, 5) is 10.8. The van der Waals surface area contributed by atoms with Gasteiger partial charge in [-0.25, -0.2) is 0 Å². The van der Waals surface area contributed by atoms with Crippen molar-refractivity contribution in [1.29, 1.82) is 0 Å². The first kappa shape index (κ1) is 22.6. The highest BCUT2D eigenvalue weighted by Crippen LogP contribution is 2.33. The van der Waals surface area contributed by atoms with Gasteiger partial charge in [-0.1, -0.05) is 45.4 Å². The molecule has 0 fully saturated rings. The highest BCUT2D eigenvalue weighted by atomic mass is 16.9. The van der Waals surface area contributed by atoms with Crippen molar-refractivity contribution >= 4 is 6.29 Å². The van der Waals surface area contributed by atoms with Crippen LogP contribution >= 0.6 is 0 Å². The lowest BCUT2D eigenvalue weighted by atomic mass is 9.93. The Morgan fingerprint density at radius 1 is 0.783 bits per heavy atom. The van der Waals surface area contributed by atoms with Crippen LogP contribution in [0.25, 0.3) is 0 Å².